The zero-order valence-electron chi connectivity index (χ0n) is 15.8. The highest BCUT2D eigenvalue weighted by Crippen LogP contribution is 2.34. The van der Waals surface area contributed by atoms with Crippen molar-refractivity contribution in [3.8, 4) is 0 Å². The van der Waals surface area contributed by atoms with Crippen LogP contribution >= 0.6 is 7.60 Å². The average Bonchev–Trinajstić information content (AvgIpc) is 3.55. The molecule has 3 heterocycles. The Morgan fingerprint density at radius 3 is 1.80 bits per heavy atom. The van der Waals surface area contributed by atoms with Crippen molar-refractivity contribution in [3.05, 3.63) is 57.5 Å². The van der Waals surface area contributed by atoms with E-state index < -0.39 is 12.5 Å². The van der Waals surface area contributed by atoms with Crippen molar-refractivity contribution in [1.29, 1.82) is 0 Å². The summed E-state index contributed by atoms with van der Waals surface area (Å²) >= 11 is 0. The highest BCUT2D eigenvalue weighted by atomic mass is 31.2. The van der Waals surface area contributed by atoms with Gasteiger partial charge in [0.2, 0.25) is 11.6 Å². The molecule has 2 N–H and O–H groups in total. The molecule has 0 amide bonds. The predicted octanol–water partition coefficient (Wildman–Crippen LogP) is -0.422. The SMILES string of the molecule is O=C1C=C(N2CC2)C(=O)C(N2CC2)=C1N1CC1.O=[N+]([O-])c1ccc(P(=O)(O)O)cc1. The van der Waals surface area contributed by atoms with Crippen molar-refractivity contribution < 1.29 is 28.9 Å². The van der Waals surface area contributed by atoms with Gasteiger partial charge >= 0.3 is 7.60 Å². The van der Waals surface area contributed by atoms with Crippen LogP contribution in [0.4, 0.5) is 5.69 Å². The van der Waals surface area contributed by atoms with Crippen LogP contribution in [0.5, 0.6) is 0 Å². The summed E-state index contributed by atoms with van der Waals surface area (Å²) in [6.45, 7) is 5.41. The average molecular weight is 434 g/mol. The van der Waals surface area contributed by atoms with E-state index in [4.69, 9.17) is 9.79 Å². The van der Waals surface area contributed by atoms with Crippen molar-refractivity contribution in [2.75, 3.05) is 39.3 Å². The number of carbonyl (C=O) groups is 2. The number of allylic oxidation sites excluding steroid dienone is 1. The number of rotatable bonds is 5. The Morgan fingerprint density at radius 1 is 0.867 bits per heavy atom. The van der Waals surface area contributed by atoms with Gasteiger partial charge in [-0.05, 0) is 12.1 Å². The van der Waals surface area contributed by atoms with Crippen LogP contribution in [0.3, 0.4) is 0 Å². The molecule has 3 aliphatic heterocycles. The maximum atomic E-state index is 12.4. The molecule has 158 valence electrons. The van der Waals surface area contributed by atoms with E-state index in [1.165, 1.54) is 6.08 Å². The summed E-state index contributed by atoms with van der Waals surface area (Å²) < 4.78 is 10.6. The summed E-state index contributed by atoms with van der Waals surface area (Å²) in [6.07, 6.45) is 1.52. The molecule has 0 unspecified atom stereocenters. The largest absolute Gasteiger partial charge is 0.365 e. The summed E-state index contributed by atoms with van der Waals surface area (Å²) in [6, 6.07) is 4.18. The molecule has 1 aromatic rings. The molecule has 3 saturated heterocycles. The van der Waals surface area contributed by atoms with Crippen molar-refractivity contribution in [2.24, 2.45) is 0 Å². The van der Waals surface area contributed by atoms with E-state index in [-0.39, 0.29) is 22.6 Å². The van der Waals surface area contributed by atoms with Gasteiger partial charge < -0.3 is 24.5 Å². The van der Waals surface area contributed by atoms with Crippen LogP contribution in [0, 0.1) is 10.1 Å². The zero-order valence-corrected chi connectivity index (χ0v) is 16.7. The van der Waals surface area contributed by atoms with Crippen molar-refractivity contribution >= 4 is 30.2 Å². The van der Waals surface area contributed by atoms with Gasteiger partial charge in [-0.1, -0.05) is 0 Å². The van der Waals surface area contributed by atoms with Crippen molar-refractivity contribution in [3.63, 3.8) is 0 Å². The van der Waals surface area contributed by atoms with E-state index in [1.807, 2.05) is 14.7 Å². The second-order valence-electron chi connectivity index (χ2n) is 7.20. The molecule has 30 heavy (non-hydrogen) atoms. The Kier molecular flexibility index (Phi) is 4.97. The molecule has 0 saturated carbocycles. The lowest BCUT2D eigenvalue weighted by atomic mass is 10.0. The first-order chi connectivity index (χ1) is 14.2. The van der Waals surface area contributed by atoms with Crippen LogP contribution in [0.25, 0.3) is 0 Å². The molecule has 0 aromatic heterocycles. The molecular formula is C18H19N4O7P. The van der Waals surface area contributed by atoms with Gasteiger partial charge in [-0.15, -0.1) is 0 Å². The minimum Gasteiger partial charge on any atom is -0.365 e. The van der Waals surface area contributed by atoms with Crippen LogP contribution in [0.2, 0.25) is 0 Å². The van der Waals surface area contributed by atoms with Crippen LogP contribution in [0.1, 0.15) is 0 Å². The molecule has 0 radical (unpaired) electrons. The van der Waals surface area contributed by atoms with Crippen molar-refractivity contribution in [2.45, 2.75) is 0 Å². The molecule has 0 atom stereocenters. The molecule has 1 aliphatic carbocycles. The van der Waals surface area contributed by atoms with Crippen LogP contribution in [0.15, 0.2) is 47.4 Å². The number of hydrogen-bond acceptors (Lipinski definition) is 8. The molecule has 1 aromatic carbocycles. The molecule has 3 fully saturated rings. The van der Waals surface area contributed by atoms with E-state index in [1.54, 1.807) is 0 Å². The highest BCUT2D eigenvalue weighted by Gasteiger charge is 2.43. The molecule has 4 aliphatic rings. The molecular weight excluding hydrogens is 415 g/mol. The third-order valence-corrected chi connectivity index (χ3v) is 5.86. The number of benzene rings is 1. The Hall–Kier alpha value is -3.01. The van der Waals surface area contributed by atoms with Gasteiger partial charge in [0.25, 0.3) is 5.69 Å². The minimum absolute atomic E-state index is 0.00546. The summed E-state index contributed by atoms with van der Waals surface area (Å²) in [4.78, 5) is 57.3. The van der Waals surface area contributed by atoms with Gasteiger partial charge in [0.15, 0.2) is 0 Å². The van der Waals surface area contributed by atoms with E-state index in [0.29, 0.717) is 17.1 Å². The number of nitro groups is 1. The Bertz CT molecular complexity index is 1030. The molecule has 11 nitrogen and oxygen atoms in total. The summed E-state index contributed by atoms with van der Waals surface area (Å²) in [5.74, 6) is 0.0485. The topological polar surface area (TPSA) is 144 Å². The second kappa shape index (κ2) is 7.35. The summed E-state index contributed by atoms with van der Waals surface area (Å²) in [7, 11) is -4.29. The fraction of sp³-hybridized carbons (Fsp3) is 0.333. The van der Waals surface area contributed by atoms with Crippen LogP contribution < -0.4 is 5.30 Å². The number of ketones is 2. The van der Waals surface area contributed by atoms with Gasteiger partial charge in [-0.25, -0.2) is 0 Å². The van der Waals surface area contributed by atoms with Crippen LogP contribution in [-0.4, -0.2) is 80.2 Å². The normalized spacial score (nSPS) is 19.9. The quantitative estimate of drug-likeness (QED) is 0.206. The third kappa shape index (κ3) is 4.28. The highest BCUT2D eigenvalue weighted by molar-refractivity contribution is 7.60. The summed E-state index contributed by atoms with van der Waals surface area (Å²) in [5, 5.41) is 9.95. The van der Waals surface area contributed by atoms with Gasteiger partial charge in [0.1, 0.15) is 11.4 Å². The van der Waals surface area contributed by atoms with Crippen molar-refractivity contribution in [1.82, 2.24) is 14.7 Å². The summed E-state index contributed by atoms with van der Waals surface area (Å²) in [5.41, 5.74) is 1.69. The molecule has 0 bridgehead atoms. The lowest BCUT2D eigenvalue weighted by Crippen LogP contribution is -2.29. The minimum atomic E-state index is -4.29. The molecule has 0 spiro atoms. The number of nitrogens with zero attached hydrogens (tertiary/aromatic N) is 4. The van der Waals surface area contributed by atoms with Crippen LogP contribution in [-0.2, 0) is 14.2 Å². The Balaban J connectivity index is 0.000000152. The number of nitro benzene ring substituents is 1. The number of non-ortho nitro benzene ring substituents is 1. The lowest BCUT2D eigenvalue weighted by molar-refractivity contribution is -0.384. The smallest absolute Gasteiger partial charge is 0.356 e. The van der Waals surface area contributed by atoms with Gasteiger partial charge in [0.05, 0.1) is 15.9 Å². The molecule has 12 heteroatoms. The Labute approximate surface area is 171 Å². The van der Waals surface area contributed by atoms with Gasteiger partial charge in [-0.3, -0.25) is 24.3 Å². The second-order valence-corrected chi connectivity index (χ2v) is 8.80. The van der Waals surface area contributed by atoms with E-state index >= 15 is 0 Å². The molecule has 5 rings (SSSR count). The zero-order chi connectivity index (χ0) is 21.6. The van der Waals surface area contributed by atoms with Gasteiger partial charge in [0, 0.05) is 57.5 Å². The standard InChI is InChI=1S/C12H13N3O2.C6H6NO5P/c16-9-7-8(13-1-2-13)12(17)11(15-5-6-15)10(9)14-3-4-14;8-7(9)5-1-3-6(4-2-5)13(10,11)12/h7H,1-6H2;1-4H,(H2,10,11,12). The fourth-order valence-corrected chi connectivity index (χ4v) is 3.58. The van der Waals surface area contributed by atoms with E-state index in [2.05, 4.69) is 0 Å². The number of Topliss-reactive ketones (excluding diaryl/α,β-unsaturated/α-hetero) is 1. The van der Waals surface area contributed by atoms with E-state index in [9.17, 15) is 24.3 Å². The van der Waals surface area contributed by atoms with Gasteiger partial charge in [-0.2, -0.15) is 0 Å². The third-order valence-electron chi connectivity index (χ3n) is 4.88. The number of carbonyl (C=O) groups excluding carboxylic acids is 2. The first-order valence-corrected chi connectivity index (χ1v) is 10.9. The fourth-order valence-electron chi connectivity index (χ4n) is 3.04. The first-order valence-electron chi connectivity index (χ1n) is 9.27. The first kappa shape index (κ1) is 20.3. The van der Waals surface area contributed by atoms with E-state index in [0.717, 1.165) is 63.5 Å². The predicted molar refractivity (Wildman–Crippen MR) is 105 cm³/mol. The monoisotopic (exact) mass is 434 g/mol. The Morgan fingerprint density at radius 2 is 1.37 bits per heavy atom. The lowest BCUT2D eigenvalue weighted by Gasteiger charge is -2.21. The maximum Gasteiger partial charge on any atom is 0.356 e. The number of hydrogen-bond donors (Lipinski definition) is 2. The maximum absolute atomic E-state index is 12.4.